The molecule has 2 aliphatic heterocycles. The monoisotopic (exact) mass is 618 g/mol. The second kappa shape index (κ2) is 12.2. The molecule has 5 rings (SSSR count). The van der Waals surface area contributed by atoms with E-state index in [2.05, 4.69) is 20.0 Å². The molecular formula is C21H17Cl3N5NdO2. The van der Waals surface area contributed by atoms with Gasteiger partial charge in [0, 0.05) is 12.2 Å². The number of hydrogen-bond donors (Lipinski definition) is 0. The Bertz CT molecular complexity index is 1040. The quantitative estimate of drug-likeness (QED) is 0.336. The molecule has 0 saturated heterocycles. The van der Waals surface area contributed by atoms with Crippen molar-refractivity contribution in [3.8, 4) is 0 Å². The van der Waals surface area contributed by atoms with Gasteiger partial charge in [-0.2, -0.15) is 0 Å². The number of rotatable bonds is 4. The first-order valence-electron chi connectivity index (χ1n) is 8.92. The number of methoxy groups -OCH3 is 2. The summed E-state index contributed by atoms with van der Waals surface area (Å²) in [4.78, 5) is 23.3. The minimum absolute atomic E-state index is 0. The third kappa shape index (κ3) is 5.56. The van der Waals surface area contributed by atoms with E-state index < -0.39 is 0 Å². The summed E-state index contributed by atoms with van der Waals surface area (Å²) in [7, 11) is 3.28. The van der Waals surface area contributed by atoms with Crippen molar-refractivity contribution < 1.29 is 87.5 Å². The van der Waals surface area contributed by atoms with Crippen molar-refractivity contribution in [2.45, 2.75) is 12.1 Å². The van der Waals surface area contributed by atoms with E-state index in [4.69, 9.17) is 14.5 Å². The fourth-order valence-corrected chi connectivity index (χ4v) is 3.29. The number of fused-ring (bicyclic) bond motifs is 2. The van der Waals surface area contributed by atoms with Gasteiger partial charge in [0.2, 0.25) is 0 Å². The Morgan fingerprint density at radius 1 is 0.719 bits per heavy atom. The van der Waals surface area contributed by atoms with Gasteiger partial charge < -0.3 is 46.7 Å². The topological polar surface area (TPSA) is 80.8 Å². The molecule has 1 aromatic rings. The number of hydrogen-bond acceptors (Lipinski definition) is 7. The third-order valence-electron chi connectivity index (χ3n) is 4.74. The Morgan fingerprint density at radius 2 is 1.16 bits per heavy atom. The molecule has 2 atom stereocenters. The molecular weight excluding hydrogens is 605 g/mol. The molecule has 0 aromatic carbocycles. The van der Waals surface area contributed by atoms with Gasteiger partial charge >= 0.3 is 40.8 Å². The summed E-state index contributed by atoms with van der Waals surface area (Å²) in [6.45, 7) is 0. The molecule has 3 heterocycles. The van der Waals surface area contributed by atoms with E-state index >= 15 is 0 Å². The average molecular weight is 622 g/mol. The molecule has 0 saturated carbocycles. The molecule has 1 radical (unpaired) electrons. The van der Waals surface area contributed by atoms with Crippen LogP contribution >= 0.6 is 0 Å². The van der Waals surface area contributed by atoms with Crippen LogP contribution in [0.3, 0.4) is 0 Å². The molecule has 7 nitrogen and oxygen atoms in total. The first kappa shape index (κ1) is 28.6. The predicted molar refractivity (Wildman–Crippen MR) is 108 cm³/mol. The largest absolute Gasteiger partial charge is 3.00 e. The van der Waals surface area contributed by atoms with Crippen molar-refractivity contribution in [1.29, 1.82) is 0 Å². The van der Waals surface area contributed by atoms with Crippen LogP contribution in [-0.2, 0) is 9.47 Å². The van der Waals surface area contributed by atoms with Gasteiger partial charge in [-0.25, -0.2) is 15.0 Å². The Balaban J connectivity index is 0.00000128. The molecule has 0 fully saturated rings. The van der Waals surface area contributed by atoms with Crippen LogP contribution in [0.15, 0.2) is 86.1 Å². The average Bonchev–Trinajstić information content (AvgIpc) is 3.36. The van der Waals surface area contributed by atoms with Crippen molar-refractivity contribution in [2.75, 3.05) is 14.2 Å². The number of amidine groups is 2. The van der Waals surface area contributed by atoms with Crippen molar-refractivity contribution in [2.24, 2.45) is 20.0 Å². The molecule has 0 N–H and O–H groups in total. The van der Waals surface area contributed by atoms with E-state index in [0.29, 0.717) is 23.1 Å². The zero-order valence-electron chi connectivity index (χ0n) is 17.0. The summed E-state index contributed by atoms with van der Waals surface area (Å²) in [6, 6.07) is 5.54. The smallest absolute Gasteiger partial charge is 1.00 e. The van der Waals surface area contributed by atoms with Gasteiger partial charge in [0.25, 0.3) is 0 Å². The van der Waals surface area contributed by atoms with Crippen molar-refractivity contribution in [3.05, 3.63) is 77.6 Å². The second-order valence-corrected chi connectivity index (χ2v) is 6.50. The first-order valence-corrected chi connectivity index (χ1v) is 8.92. The molecule has 0 spiro atoms. The normalized spacial score (nSPS) is 21.3. The van der Waals surface area contributed by atoms with Gasteiger partial charge in [-0.15, -0.1) is 0 Å². The summed E-state index contributed by atoms with van der Waals surface area (Å²) in [6.07, 6.45) is 11.5. The Morgan fingerprint density at radius 3 is 1.56 bits per heavy atom. The standard InChI is InChI=1S/C21H17N5O2.3ClH.Nd/c1-27-12-6-8-14-18(10-12)25-20(23-14)16-4-3-5-17(22-16)21-24-15-9-7-13(28-2)11-19(15)26-21;;;;/h3-11,14-15H,1-2H3;3*1H;/q;;;;+3/p-3. The summed E-state index contributed by atoms with van der Waals surface area (Å²) in [5, 5.41) is 0. The molecule has 4 aliphatic rings. The minimum atomic E-state index is -0.0889. The van der Waals surface area contributed by atoms with E-state index in [1.807, 2.05) is 54.7 Å². The maximum atomic E-state index is 5.27. The number of pyridine rings is 1. The van der Waals surface area contributed by atoms with Gasteiger partial charge in [-0.1, -0.05) is 18.2 Å². The zero-order chi connectivity index (χ0) is 19.1. The van der Waals surface area contributed by atoms with Gasteiger partial charge in [0.15, 0.2) is 11.7 Å². The van der Waals surface area contributed by atoms with Crippen LogP contribution in [0.2, 0.25) is 0 Å². The van der Waals surface area contributed by atoms with Gasteiger partial charge in [0.05, 0.1) is 25.6 Å². The predicted octanol–water partition coefficient (Wildman–Crippen LogP) is -6.57. The Hall–Kier alpha value is -1.39. The number of ether oxygens (including phenoxy) is 2. The van der Waals surface area contributed by atoms with Crippen molar-refractivity contribution in [1.82, 2.24) is 4.98 Å². The molecule has 0 bridgehead atoms. The van der Waals surface area contributed by atoms with Crippen LogP contribution < -0.4 is 37.2 Å². The Labute approximate surface area is 237 Å². The molecule has 11 heteroatoms. The van der Waals surface area contributed by atoms with E-state index in [-0.39, 0.29) is 90.1 Å². The van der Waals surface area contributed by atoms with Crippen molar-refractivity contribution in [3.63, 3.8) is 0 Å². The summed E-state index contributed by atoms with van der Waals surface area (Å²) >= 11 is 0. The number of halogens is 3. The summed E-state index contributed by atoms with van der Waals surface area (Å²) < 4.78 is 10.5. The number of aliphatic imine (C=N–C) groups is 4. The molecule has 2 unspecified atom stereocenters. The van der Waals surface area contributed by atoms with Crippen LogP contribution in [0.4, 0.5) is 0 Å². The van der Waals surface area contributed by atoms with Crippen LogP contribution in [0.25, 0.3) is 0 Å². The number of allylic oxidation sites excluding steroid dienone is 2. The molecule has 2 aliphatic carbocycles. The van der Waals surface area contributed by atoms with E-state index in [9.17, 15) is 0 Å². The number of aromatic nitrogens is 1. The second-order valence-electron chi connectivity index (χ2n) is 6.50. The minimum Gasteiger partial charge on any atom is -1.00 e. The van der Waals surface area contributed by atoms with Crippen LogP contribution in [-0.4, -0.2) is 54.4 Å². The Kier molecular flexibility index (Phi) is 10.9. The SMILES string of the molecule is COC1=CC2=NC(c3cccc(C4=NC5C=CC(OC)=CC5=N4)n3)=NC2C=C1.[Cl-].[Cl-].[Cl-].[Nd+3]. The maximum Gasteiger partial charge on any atom is 3.00 e. The molecule has 32 heavy (non-hydrogen) atoms. The number of nitrogens with zero attached hydrogens (tertiary/aromatic N) is 5. The van der Waals surface area contributed by atoms with Gasteiger partial charge in [-0.3, -0.25) is 9.98 Å². The molecule has 0 amide bonds. The summed E-state index contributed by atoms with van der Waals surface area (Å²) in [5.41, 5.74) is 3.10. The molecule has 1 aromatic heterocycles. The van der Waals surface area contributed by atoms with Crippen molar-refractivity contribution >= 4 is 23.1 Å². The first-order chi connectivity index (χ1) is 13.7. The fraction of sp³-hybridized carbons (Fsp3) is 0.190. The zero-order valence-corrected chi connectivity index (χ0v) is 22.5. The maximum absolute atomic E-state index is 5.27. The van der Waals surface area contributed by atoms with Crippen LogP contribution in [0.5, 0.6) is 0 Å². The van der Waals surface area contributed by atoms with E-state index in [0.717, 1.165) is 22.9 Å². The van der Waals surface area contributed by atoms with E-state index in [1.54, 1.807) is 14.2 Å². The fourth-order valence-electron chi connectivity index (χ4n) is 3.29. The van der Waals surface area contributed by atoms with Gasteiger partial charge in [-0.05, 0) is 24.3 Å². The van der Waals surface area contributed by atoms with Crippen LogP contribution in [0, 0.1) is 40.8 Å². The van der Waals surface area contributed by atoms with Gasteiger partial charge in [0.1, 0.15) is 35.0 Å². The van der Waals surface area contributed by atoms with E-state index in [1.165, 1.54) is 0 Å². The van der Waals surface area contributed by atoms with Crippen LogP contribution in [0.1, 0.15) is 11.4 Å². The third-order valence-corrected chi connectivity index (χ3v) is 4.74. The molecule has 163 valence electrons. The summed E-state index contributed by atoms with van der Waals surface area (Å²) in [5.74, 6) is 2.74.